The first-order chi connectivity index (χ1) is 14.3. The molecule has 2 aromatic carbocycles. The lowest BCUT2D eigenvalue weighted by Crippen LogP contribution is -2.46. The topological polar surface area (TPSA) is 65.3 Å². The van der Waals surface area contributed by atoms with Crippen molar-refractivity contribution in [3.05, 3.63) is 83.8 Å². The molecule has 0 amide bonds. The molecule has 1 aliphatic rings. The third kappa shape index (κ3) is 4.89. The number of benzene rings is 2. The molecule has 1 saturated heterocycles. The van der Waals surface area contributed by atoms with Gasteiger partial charge in [-0.2, -0.15) is 5.26 Å². The normalized spacial score (nSPS) is 14.4. The van der Waals surface area contributed by atoms with Crippen LogP contribution in [0.3, 0.4) is 0 Å². The van der Waals surface area contributed by atoms with Gasteiger partial charge in [-0.3, -0.25) is 4.90 Å². The molecule has 1 aromatic heterocycles. The van der Waals surface area contributed by atoms with E-state index >= 15 is 0 Å². The van der Waals surface area contributed by atoms with Crippen LogP contribution in [0, 0.1) is 11.3 Å². The van der Waals surface area contributed by atoms with Crippen LogP contribution in [0.2, 0.25) is 0 Å². The summed E-state index contributed by atoms with van der Waals surface area (Å²) in [6.07, 6.45) is 3.20. The van der Waals surface area contributed by atoms with Crippen molar-refractivity contribution < 1.29 is 4.74 Å². The van der Waals surface area contributed by atoms with Crippen LogP contribution in [0.4, 0.5) is 5.82 Å². The Morgan fingerprint density at radius 2 is 1.59 bits per heavy atom. The molecule has 0 unspecified atom stereocenters. The highest BCUT2D eigenvalue weighted by Gasteiger charge is 2.20. The zero-order chi connectivity index (χ0) is 19.9. The fourth-order valence-electron chi connectivity index (χ4n) is 3.45. The zero-order valence-electron chi connectivity index (χ0n) is 16.2. The molecule has 0 aliphatic carbocycles. The van der Waals surface area contributed by atoms with Crippen LogP contribution < -0.4 is 9.64 Å². The SMILES string of the molecule is N#Cc1nccnc1N1CCN(Cc2ccc(OCc3ccccc3)cc2)CC1. The van der Waals surface area contributed by atoms with Crippen LogP contribution in [-0.2, 0) is 13.2 Å². The summed E-state index contributed by atoms with van der Waals surface area (Å²) in [6.45, 7) is 5.01. The van der Waals surface area contributed by atoms with Crippen molar-refractivity contribution in [3.63, 3.8) is 0 Å². The van der Waals surface area contributed by atoms with E-state index in [0.717, 1.165) is 44.0 Å². The molecular formula is C23H23N5O. The Bertz CT molecular complexity index is 961. The number of piperazine rings is 1. The first kappa shape index (κ1) is 18.9. The van der Waals surface area contributed by atoms with Crippen LogP contribution in [0.5, 0.6) is 5.75 Å². The third-order valence-electron chi connectivity index (χ3n) is 5.03. The lowest BCUT2D eigenvalue weighted by atomic mass is 10.2. The molecule has 3 aromatic rings. The average Bonchev–Trinajstić information content (AvgIpc) is 2.80. The van der Waals surface area contributed by atoms with Gasteiger partial charge in [0.2, 0.25) is 0 Å². The van der Waals surface area contributed by atoms with E-state index in [0.29, 0.717) is 18.1 Å². The minimum atomic E-state index is 0.395. The van der Waals surface area contributed by atoms with Crippen LogP contribution in [0.25, 0.3) is 0 Å². The second-order valence-corrected chi connectivity index (χ2v) is 7.02. The highest BCUT2D eigenvalue weighted by atomic mass is 16.5. The molecule has 146 valence electrons. The van der Waals surface area contributed by atoms with E-state index in [4.69, 9.17) is 4.74 Å². The van der Waals surface area contributed by atoms with E-state index in [-0.39, 0.29) is 0 Å². The molecule has 1 aliphatic heterocycles. The Balaban J connectivity index is 1.28. The fraction of sp³-hybridized carbons (Fsp3) is 0.261. The molecule has 0 spiro atoms. The van der Waals surface area contributed by atoms with E-state index in [1.54, 1.807) is 12.4 Å². The molecule has 0 N–H and O–H groups in total. The molecule has 0 atom stereocenters. The van der Waals surface area contributed by atoms with Crippen molar-refractivity contribution in [1.29, 1.82) is 5.26 Å². The lowest BCUT2D eigenvalue weighted by Gasteiger charge is -2.35. The maximum Gasteiger partial charge on any atom is 0.183 e. The zero-order valence-corrected chi connectivity index (χ0v) is 16.2. The number of anilines is 1. The third-order valence-corrected chi connectivity index (χ3v) is 5.03. The quantitative estimate of drug-likeness (QED) is 0.649. The van der Waals surface area contributed by atoms with Gasteiger partial charge < -0.3 is 9.64 Å². The largest absolute Gasteiger partial charge is 0.489 e. The monoisotopic (exact) mass is 385 g/mol. The maximum absolute atomic E-state index is 9.22. The molecule has 4 rings (SSSR count). The number of hydrogen-bond acceptors (Lipinski definition) is 6. The minimum Gasteiger partial charge on any atom is -0.489 e. The number of nitriles is 1. The lowest BCUT2D eigenvalue weighted by molar-refractivity contribution is 0.249. The molecule has 0 bridgehead atoms. The highest BCUT2D eigenvalue weighted by Crippen LogP contribution is 2.19. The van der Waals surface area contributed by atoms with Gasteiger partial charge in [-0.25, -0.2) is 9.97 Å². The van der Waals surface area contributed by atoms with Gasteiger partial charge in [0, 0.05) is 45.1 Å². The Hall–Kier alpha value is -3.43. The van der Waals surface area contributed by atoms with E-state index in [9.17, 15) is 5.26 Å². The predicted octanol–water partition coefficient (Wildman–Crippen LogP) is 3.25. The van der Waals surface area contributed by atoms with Crippen molar-refractivity contribution in [3.8, 4) is 11.8 Å². The Morgan fingerprint density at radius 3 is 2.31 bits per heavy atom. The number of aromatic nitrogens is 2. The first-order valence-corrected chi connectivity index (χ1v) is 9.76. The smallest absolute Gasteiger partial charge is 0.183 e. The second kappa shape index (κ2) is 9.18. The minimum absolute atomic E-state index is 0.395. The molecule has 1 fully saturated rings. The standard InChI is InChI=1S/C23H23N5O/c24-16-22-23(26-11-10-25-22)28-14-12-27(13-15-28)17-19-6-8-21(9-7-19)29-18-20-4-2-1-3-5-20/h1-11H,12-15,17-18H2. The van der Waals surface area contributed by atoms with Crippen molar-refractivity contribution in [1.82, 2.24) is 14.9 Å². The number of rotatable bonds is 6. The number of nitrogens with zero attached hydrogens (tertiary/aromatic N) is 5. The molecule has 29 heavy (non-hydrogen) atoms. The van der Waals surface area contributed by atoms with Gasteiger partial charge in [0.25, 0.3) is 0 Å². The van der Waals surface area contributed by atoms with Crippen molar-refractivity contribution in [2.45, 2.75) is 13.2 Å². The summed E-state index contributed by atoms with van der Waals surface area (Å²) < 4.78 is 5.86. The first-order valence-electron chi connectivity index (χ1n) is 9.76. The molecule has 0 saturated carbocycles. The van der Waals surface area contributed by atoms with Gasteiger partial charge in [-0.05, 0) is 23.3 Å². The molecule has 2 heterocycles. The van der Waals surface area contributed by atoms with E-state index in [1.807, 2.05) is 30.3 Å². The summed E-state index contributed by atoms with van der Waals surface area (Å²) in [5.74, 6) is 1.57. The van der Waals surface area contributed by atoms with Gasteiger partial charge in [-0.1, -0.05) is 42.5 Å². The van der Waals surface area contributed by atoms with Crippen molar-refractivity contribution in [2.75, 3.05) is 31.1 Å². The van der Waals surface area contributed by atoms with Gasteiger partial charge in [-0.15, -0.1) is 0 Å². The summed E-state index contributed by atoms with van der Waals surface area (Å²) in [5.41, 5.74) is 2.83. The average molecular weight is 385 g/mol. The Labute approximate surface area is 171 Å². The molecule has 0 radical (unpaired) electrons. The summed E-state index contributed by atoms with van der Waals surface area (Å²) in [7, 11) is 0. The fourth-order valence-corrected chi connectivity index (χ4v) is 3.45. The van der Waals surface area contributed by atoms with Gasteiger partial charge in [0.1, 0.15) is 18.4 Å². The molecular weight excluding hydrogens is 362 g/mol. The van der Waals surface area contributed by atoms with Crippen LogP contribution >= 0.6 is 0 Å². The summed E-state index contributed by atoms with van der Waals surface area (Å²) >= 11 is 0. The summed E-state index contributed by atoms with van der Waals surface area (Å²) in [5, 5.41) is 9.22. The van der Waals surface area contributed by atoms with Gasteiger partial charge >= 0.3 is 0 Å². The number of hydrogen-bond donors (Lipinski definition) is 0. The van der Waals surface area contributed by atoms with Gasteiger partial charge in [0.15, 0.2) is 11.5 Å². The predicted molar refractivity (Wildman–Crippen MR) is 111 cm³/mol. The van der Waals surface area contributed by atoms with Crippen LogP contribution in [0.1, 0.15) is 16.8 Å². The highest BCUT2D eigenvalue weighted by molar-refractivity contribution is 5.49. The Kier molecular flexibility index (Phi) is 5.98. The molecule has 6 heteroatoms. The molecule has 6 nitrogen and oxygen atoms in total. The van der Waals surface area contributed by atoms with Crippen LogP contribution in [-0.4, -0.2) is 41.0 Å². The maximum atomic E-state index is 9.22. The summed E-state index contributed by atoms with van der Waals surface area (Å²) in [4.78, 5) is 13.0. The van der Waals surface area contributed by atoms with E-state index in [1.165, 1.54) is 5.56 Å². The van der Waals surface area contributed by atoms with Gasteiger partial charge in [0.05, 0.1) is 0 Å². The van der Waals surface area contributed by atoms with Crippen molar-refractivity contribution in [2.24, 2.45) is 0 Å². The van der Waals surface area contributed by atoms with E-state index < -0.39 is 0 Å². The van der Waals surface area contributed by atoms with Crippen LogP contribution in [0.15, 0.2) is 67.0 Å². The summed E-state index contributed by atoms with van der Waals surface area (Å²) in [6, 6.07) is 20.6. The Morgan fingerprint density at radius 1 is 0.862 bits per heavy atom. The second-order valence-electron chi connectivity index (χ2n) is 7.02. The van der Waals surface area contributed by atoms with E-state index in [2.05, 4.69) is 50.1 Å². The number of ether oxygens (including phenoxy) is 1. The van der Waals surface area contributed by atoms with Crippen molar-refractivity contribution >= 4 is 5.82 Å².